The minimum Gasteiger partial charge on any atom is -0.396 e. The molecular weight excluding hydrogens is 280 g/mol. The van der Waals surface area contributed by atoms with Gasteiger partial charge < -0.3 is 21.9 Å². The van der Waals surface area contributed by atoms with Gasteiger partial charge in [-0.05, 0) is 37.1 Å². The summed E-state index contributed by atoms with van der Waals surface area (Å²) in [6, 6.07) is 7.82. The number of aryl methyl sites for hydroxylation is 2. The molecule has 1 aromatic carbocycles. The Hall–Kier alpha value is -2.64. The van der Waals surface area contributed by atoms with Gasteiger partial charge >= 0.3 is 0 Å². The molecule has 22 heavy (non-hydrogen) atoms. The lowest BCUT2D eigenvalue weighted by atomic mass is 10.1. The molecule has 7 heteroatoms. The van der Waals surface area contributed by atoms with Crippen molar-refractivity contribution < 1.29 is 5.11 Å². The highest BCUT2D eigenvalue weighted by atomic mass is 16.3. The van der Waals surface area contributed by atoms with E-state index in [4.69, 9.17) is 11.5 Å². The molecule has 2 aromatic heterocycles. The van der Waals surface area contributed by atoms with E-state index in [1.165, 1.54) is 10.7 Å². The molecule has 114 valence electrons. The maximum absolute atomic E-state index is 9.57. The van der Waals surface area contributed by atoms with E-state index in [1.54, 1.807) is 6.07 Å². The first kappa shape index (κ1) is 14.3. The first-order valence-electron chi connectivity index (χ1n) is 6.87. The van der Waals surface area contributed by atoms with Gasteiger partial charge in [0.15, 0.2) is 11.5 Å². The van der Waals surface area contributed by atoms with Crippen LogP contribution >= 0.6 is 0 Å². The van der Waals surface area contributed by atoms with Crippen LogP contribution in [0.1, 0.15) is 23.0 Å². The SMILES string of the molecule is Cc1cc(C)cc(Nc2cc(N)c3ncc(C(N)O)n3n2)c1. The van der Waals surface area contributed by atoms with Crippen LogP contribution in [0.5, 0.6) is 0 Å². The fourth-order valence-electron chi connectivity index (χ4n) is 2.47. The zero-order valence-corrected chi connectivity index (χ0v) is 12.4. The number of imidazole rings is 1. The van der Waals surface area contributed by atoms with E-state index in [9.17, 15) is 5.11 Å². The summed E-state index contributed by atoms with van der Waals surface area (Å²) in [6.07, 6.45) is 0.294. The number of aliphatic hydroxyl groups is 1. The van der Waals surface area contributed by atoms with Crippen molar-refractivity contribution in [1.82, 2.24) is 14.6 Å². The third-order valence-corrected chi connectivity index (χ3v) is 3.32. The highest BCUT2D eigenvalue weighted by Gasteiger charge is 2.13. The number of rotatable bonds is 3. The maximum atomic E-state index is 9.57. The zero-order valence-electron chi connectivity index (χ0n) is 12.4. The van der Waals surface area contributed by atoms with Crippen molar-refractivity contribution in [3.8, 4) is 0 Å². The van der Waals surface area contributed by atoms with Gasteiger partial charge in [0.25, 0.3) is 0 Å². The summed E-state index contributed by atoms with van der Waals surface area (Å²) in [7, 11) is 0. The third kappa shape index (κ3) is 2.59. The quantitative estimate of drug-likeness (QED) is 0.546. The highest BCUT2D eigenvalue weighted by molar-refractivity contribution is 5.70. The predicted octanol–water partition coefficient (Wildman–Crippen LogP) is 1.62. The minimum atomic E-state index is -1.17. The number of aromatic nitrogens is 3. The maximum Gasteiger partial charge on any atom is 0.177 e. The van der Waals surface area contributed by atoms with Gasteiger partial charge in [-0.25, -0.2) is 9.50 Å². The molecule has 1 unspecified atom stereocenters. The van der Waals surface area contributed by atoms with Crippen LogP contribution < -0.4 is 16.8 Å². The number of nitrogen functional groups attached to an aromatic ring is 1. The number of fused-ring (bicyclic) bond motifs is 1. The summed E-state index contributed by atoms with van der Waals surface area (Å²) in [5.41, 5.74) is 16.0. The second-order valence-corrected chi connectivity index (χ2v) is 5.35. The summed E-state index contributed by atoms with van der Waals surface area (Å²) in [6.45, 7) is 4.06. The first-order valence-corrected chi connectivity index (χ1v) is 6.87. The zero-order chi connectivity index (χ0) is 15.9. The molecule has 0 fully saturated rings. The number of nitrogens with one attached hydrogen (secondary N) is 1. The first-order chi connectivity index (χ1) is 10.4. The van der Waals surface area contributed by atoms with Crippen molar-refractivity contribution in [3.63, 3.8) is 0 Å². The van der Waals surface area contributed by atoms with E-state index >= 15 is 0 Å². The lowest BCUT2D eigenvalue weighted by Crippen LogP contribution is -2.13. The lowest BCUT2D eigenvalue weighted by molar-refractivity contribution is 0.179. The van der Waals surface area contributed by atoms with Gasteiger partial charge in [0, 0.05) is 11.8 Å². The van der Waals surface area contributed by atoms with Gasteiger partial charge in [0.2, 0.25) is 0 Å². The minimum absolute atomic E-state index is 0.380. The van der Waals surface area contributed by atoms with Crippen LogP contribution in [0.4, 0.5) is 17.2 Å². The second-order valence-electron chi connectivity index (χ2n) is 5.35. The molecule has 3 aromatic rings. The molecule has 0 amide bonds. The average molecular weight is 298 g/mol. The van der Waals surface area contributed by atoms with Crippen molar-refractivity contribution in [1.29, 1.82) is 0 Å². The average Bonchev–Trinajstić information content (AvgIpc) is 2.81. The molecular formula is C15H18N6O. The molecule has 3 rings (SSSR count). The van der Waals surface area contributed by atoms with E-state index < -0.39 is 6.23 Å². The molecule has 0 saturated heterocycles. The lowest BCUT2D eigenvalue weighted by Gasteiger charge is -2.10. The van der Waals surface area contributed by atoms with Crippen molar-refractivity contribution in [2.45, 2.75) is 20.1 Å². The van der Waals surface area contributed by atoms with Crippen molar-refractivity contribution in [3.05, 3.63) is 47.3 Å². The molecule has 7 nitrogen and oxygen atoms in total. The summed E-state index contributed by atoms with van der Waals surface area (Å²) < 4.78 is 1.45. The molecule has 2 heterocycles. The second kappa shape index (κ2) is 5.28. The molecule has 0 aliphatic heterocycles. The monoisotopic (exact) mass is 298 g/mol. The molecule has 0 bridgehead atoms. The van der Waals surface area contributed by atoms with Gasteiger partial charge in [-0.2, -0.15) is 0 Å². The van der Waals surface area contributed by atoms with Gasteiger partial charge in [0.1, 0.15) is 11.9 Å². The fraction of sp³-hybridized carbons (Fsp3) is 0.200. The fourth-order valence-corrected chi connectivity index (χ4v) is 2.47. The Morgan fingerprint density at radius 2 is 1.86 bits per heavy atom. The Kier molecular flexibility index (Phi) is 3.44. The molecule has 0 spiro atoms. The predicted molar refractivity (Wildman–Crippen MR) is 85.7 cm³/mol. The van der Waals surface area contributed by atoms with Crippen molar-refractivity contribution >= 4 is 22.8 Å². The topological polar surface area (TPSA) is 114 Å². The molecule has 6 N–H and O–H groups in total. The highest BCUT2D eigenvalue weighted by Crippen LogP contribution is 2.23. The normalized spacial score (nSPS) is 12.5. The standard InChI is InChI=1S/C15H18N6O/c1-8-3-9(2)5-10(4-8)19-13-6-11(16)15-18-7-12(14(17)22)21(15)20-13/h3-7,14,22H,16-17H2,1-2H3,(H,19,20). The molecule has 0 aliphatic rings. The smallest absolute Gasteiger partial charge is 0.177 e. The van der Waals surface area contributed by atoms with Gasteiger partial charge in [-0.1, -0.05) is 6.07 Å². The summed E-state index contributed by atoms with van der Waals surface area (Å²) in [5.74, 6) is 0.551. The van der Waals surface area contributed by atoms with Crippen LogP contribution in [-0.4, -0.2) is 19.7 Å². The Bertz CT molecular complexity index is 819. The van der Waals surface area contributed by atoms with E-state index in [0.717, 1.165) is 16.8 Å². The number of hydrogen-bond donors (Lipinski definition) is 4. The number of anilines is 3. The Morgan fingerprint density at radius 3 is 2.50 bits per heavy atom. The van der Waals surface area contributed by atoms with Gasteiger partial charge in [-0.3, -0.25) is 0 Å². The van der Waals surface area contributed by atoms with E-state index in [-0.39, 0.29) is 0 Å². The van der Waals surface area contributed by atoms with Crippen LogP contribution in [0.3, 0.4) is 0 Å². The number of nitrogens with two attached hydrogens (primary N) is 2. The molecule has 0 radical (unpaired) electrons. The van der Waals surface area contributed by atoms with Crippen LogP contribution in [-0.2, 0) is 0 Å². The Labute approximate surface area is 127 Å². The van der Waals surface area contributed by atoms with Gasteiger partial charge in [0.05, 0.1) is 11.9 Å². The van der Waals surface area contributed by atoms with E-state index in [2.05, 4.69) is 21.5 Å². The Balaban J connectivity index is 2.05. The number of nitrogens with zero attached hydrogens (tertiary/aromatic N) is 3. The van der Waals surface area contributed by atoms with Gasteiger partial charge in [-0.15, -0.1) is 5.10 Å². The van der Waals surface area contributed by atoms with Crippen LogP contribution in [0.2, 0.25) is 0 Å². The van der Waals surface area contributed by atoms with Crippen molar-refractivity contribution in [2.24, 2.45) is 5.73 Å². The third-order valence-electron chi connectivity index (χ3n) is 3.32. The number of hydrogen-bond acceptors (Lipinski definition) is 6. The molecule has 0 saturated carbocycles. The largest absolute Gasteiger partial charge is 0.396 e. The van der Waals surface area contributed by atoms with Crippen LogP contribution in [0, 0.1) is 13.8 Å². The van der Waals surface area contributed by atoms with Crippen molar-refractivity contribution in [2.75, 3.05) is 11.1 Å². The molecule has 0 aliphatic carbocycles. The van der Waals surface area contributed by atoms with E-state index in [0.29, 0.717) is 22.8 Å². The molecule has 1 atom stereocenters. The van der Waals surface area contributed by atoms with Crippen LogP contribution in [0.25, 0.3) is 5.65 Å². The summed E-state index contributed by atoms with van der Waals surface area (Å²) in [5, 5.41) is 17.2. The summed E-state index contributed by atoms with van der Waals surface area (Å²) in [4.78, 5) is 4.12. The Morgan fingerprint density at radius 1 is 1.18 bits per heavy atom. The summed E-state index contributed by atoms with van der Waals surface area (Å²) >= 11 is 0. The number of benzene rings is 1. The van der Waals surface area contributed by atoms with E-state index in [1.807, 2.05) is 26.0 Å². The number of aliphatic hydroxyl groups excluding tert-OH is 1. The van der Waals surface area contributed by atoms with Crippen LogP contribution in [0.15, 0.2) is 30.5 Å².